The third kappa shape index (κ3) is 3.67. The molecule has 1 aliphatic heterocycles. The van der Waals surface area contributed by atoms with Crippen LogP contribution in [0.15, 0.2) is 35.1 Å². The first-order chi connectivity index (χ1) is 12.4. The number of hydrogen-bond donors (Lipinski definition) is 1. The highest BCUT2D eigenvalue weighted by molar-refractivity contribution is 6.30. The number of aromatic nitrogens is 1. The Bertz CT molecular complexity index is 821. The van der Waals surface area contributed by atoms with E-state index in [1.54, 1.807) is 10.6 Å². The van der Waals surface area contributed by atoms with Crippen molar-refractivity contribution in [3.8, 4) is 5.75 Å². The highest BCUT2D eigenvalue weighted by Gasteiger charge is 2.31. The van der Waals surface area contributed by atoms with E-state index in [2.05, 4.69) is 11.8 Å². The SMILES string of the molecule is CCn1c(C)cc(O)c([C@H](c2ccc(Cl)cc2)N2CCC(C)CC2)c1=O. The molecule has 2 heterocycles. The van der Waals surface area contributed by atoms with Crippen LogP contribution in [0.1, 0.15) is 49.6 Å². The molecule has 140 valence electrons. The summed E-state index contributed by atoms with van der Waals surface area (Å²) in [5.74, 6) is 0.770. The Labute approximate surface area is 160 Å². The van der Waals surface area contributed by atoms with Gasteiger partial charge in [-0.05, 0) is 69.5 Å². The van der Waals surface area contributed by atoms with Gasteiger partial charge in [0, 0.05) is 17.3 Å². The lowest BCUT2D eigenvalue weighted by Crippen LogP contribution is -2.40. The summed E-state index contributed by atoms with van der Waals surface area (Å²) < 4.78 is 1.73. The second kappa shape index (κ2) is 7.85. The Morgan fingerprint density at radius 1 is 1.23 bits per heavy atom. The average Bonchev–Trinajstić information content (AvgIpc) is 2.61. The molecule has 0 bridgehead atoms. The number of likely N-dealkylation sites (tertiary alicyclic amines) is 1. The number of halogens is 1. The number of rotatable bonds is 4. The van der Waals surface area contributed by atoms with Crippen LogP contribution >= 0.6 is 11.6 Å². The smallest absolute Gasteiger partial charge is 0.259 e. The summed E-state index contributed by atoms with van der Waals surface area (Å²) in [6.45, 7) is 8.48. The molecule has 2 aromatic rings. The van der Waals surface area contributed by atoms with Crippen LogP contribution in [0.4, 0.5) is 0 Å². The van der Waals surface area contributed by atoms with Crippen molar-refractivity contribution in [2.75, 3.05) is 13.1 Å². The number of piperidine rings is 1. The molecule has 1 N–H and O–H groups in total. The number of pyridine rings is 1. The molecule has 5 heteroatoms. The number of aromatic hydroxyl groups is 1. The largest absolute Gasteiger partial charge is 0.507 e. The molecule has 0 unspecified atom stereocenters. The lowest BCUT2D eigenvalue weighted by Gasteiger charge is -2.37. The van der Waals surface area contributed by atoms with E-state index in [9.17, 15) is 9.90 Å². The molecule has 0 spiro atoms. The van der Waals surface area contributed by atoms with E-state index in [1.807, 2.05) is 38.1 Å². The first-order valence-electron chi connectivity index (χ1n) is 9.35. The summed E-state index contributed by atoms with van der Waals surface area (Å²) in [5, 5.41) is 11.4. The molecule has 1 atom stereocenters. The Kier molecular flexibility index (Phi) is 5.73. The van der Waals surface area contributed by atoms with Gasteiger partial charge in [-0.2, -0.15) is 0 Å². The zero-order valence-electron chi connectivity index (χ0n) is 15.7. The minimum absolute atomic E-state index is 0.0794. The van der Waals surface area contributed by atoms with Crippen molar-refractivity contribution in [2.24, 2.45) is 5.92 Å². The van der Waals surface area contributed by atoms with Crippen molar-refractivity contribution in [3.63, 3.8) is 0 Å². The summed E-state index contributed by atoms with van der Waals surface area (Å²) in [6.07, 6.45) is 2.19. The molecular weight excluding hydrogens is 348 g/mol. The molecule has 26 heavy (non-hydrogen) atoms. The third-order valence-corrected chi connectivity index (χ3v) is 5.73. The van der Waals surface area contributed by atoms with Crippen LogP contribution in [0, 0.1) is 12.8 Å². The maximum absolute atomic E-state index is 13.2. The molecule has 0 amide bonds. The second-order valence-corrected chi connectivity index (χ2v) is 7.74. The standard InChI is InChI=1S/C21H27ClN2O2/c1-4-24-15(3)13-18(25)19(21(24)26)20(16-5-7-17(22)8-6-16)23-11-9-14(2)10-12-23/h5-8,13-14,20,25H,4,9-12H2,1-3H3/t20-/m0/s1. The summed E-state index contributed by atoms with van der Waals surface area (Å²) in [7, 11) is 0. The van der Waals surface area contributed by atoms with Gasteiger partial charge in [-0.1, -0.05) is 30.7 Å². The minimum Gasteiger partial charge on any atom is -0.507 e. The van der Waals surface area contributed by atoms with Gasteiger partial charge in [0.05, 0.1) is 11.6 Å². The summed E-state index contributed by atoms with van der Waals surface area (Å²) >= 11 is 6.07. The molecule has 0 aliphatic carbocycles. The quantitative estimate of drug-likeness (QED) is 0.864. The van der Waals surface area contributed by atoms with Crippen LogP contribution in [0.2, 0.25) is 5.02 Å². The van der Waals surface area contributed by atoms with Crippen molar-refractivity contribution in [3.05, 3.63) is 62.5 Å². The van der Waals surface area contributed by atoms with E-state index in [4.69, 9.17) is 11.6 Å². The summed E-state index contributed by atoms with van der Waals surface area (Å²) in [5.41, 5.74) is 2.13. The lowest BCUT2D eigenvalue weighted by molar-refractivity contribution is 0.154. The van der Waals surface area contributed by atoms with E-state index in [-0.39, 0.29) is 17.4 Å². The van der Waals surface area contributed by atoms with Crippen molar-refractivity contribution in [1.82, 2.24) is 9.47 Å². The summed E-state index contributed by atoms with van der Waals surface area (Å²) in [4.78, 5) is 15.5. The van der Waals surface area contributed by atoms with Gasteiger partial charge in [0.25, 0.3) is 5.56 Å². The molecule has 1 aliphatic rings. The minimum atomic E-state index is -0.259. The molecule has 1 aromatic carbocycles. The Balaban J connectivity index is 2.15. The monoisotopic (exact) mass is 374 g/mol. The maximum Gasteiger partial charge on any atom is 0.259 e. The number of aryl methyl sites for hydroxylation is 1. The van der Waals surface area contributed by atoms with Gasteiger partial charge < -0.3 is 9.67 Å². The van der Waals surface area contributed by atoms with Gasteiger partial charge >= 0.3 is 0 Å². The van der Waals surface area contributed by atoms with E-state index in [1.165, 1.54) is 0 Å². The molecular formula is C21H27ClN2O2. The zero-order chi connectivity index (χ0) is 18.8. The van der Waals surface area contributed by atoms with Crippen molar-refractivity contribution in [1.29, 1.82) is 0 Å². The third-order valence-electron chi connectivity index (χ3n) is 5.48. The van der Waals surface area contributed by atoms with Crippen LogP contribution in [0.3, 0.4) is 0 Å². The van der Waals surface area contributed by atoms with Crippen LogP contribution in [-0.4, -0.2) is 27.7 Å². The lowest BCUT2D eigenvalue weighted by atomic mass is 9.92. The van der Waals surface area contributed by atoms with E-state index >= 15 is 0 Å². The predicted molar refractivity (Wildman–Crippen MR) is 106 cm³/mol. The first-order valence-corrected chi connectivity index (χ1v) is 9.73. The Hall–Kier alpha value is -1.78. The number of hydrogen-bond acceptors (Lipinski definition) is 3. The van der Waals surface area contributed by atoms with E-state index in [0.717, 1.165) is 37.2 Å². The highest BCUT2D eigenvalue weighted by atomic mass is 35.5. The van der Waals surface area contributed by atoms with Crippen LogP contribution in [0.5, 0.6) is 5.75 Å². The van der Waals surface area contributed by atoms with Crippen LogP contribution in [0.25, 0.3) is 0 Å². The molecule has 1 aromatic heterocycles. The Morgan fingerprint density at radius 3 is 2.42 bits per heavy atom. The van der Waals surface area contributed by atoms with E-state index in [0.29, 0.717) is 23.0 Å². The Morgan fingerprint density at radius 2 is 1.85 bits per heavy atom. The average molecular weight is 375 g/mol. The van der Waals surface area contributed by atoms with Gasteiger partial charge in [0.15, 0.2) is 0 Å². The van der Waals surface area contributed by atoms with Crippen molar-refractivity contribution < 1.29 is 5.11 Å². The first kappa shape index (κ1) is 19.0. The van der Waals surface area contributed by atoms with Crippen LogP contribution in [-0.2, 0) is 6.54 Å². The fourth-order valence-corrected chi connectivity index (χ4v) is 4.04. The highest BCUT2D eigenvalue weighted by Crippen LogP contribution is 2.35. The normalized spacial score (nSPS) is 17.4. The van der Waals surface area contributed by atoms with Gasteiger partial charge in [-0.25, -0.2) is 0 Å². The van der Waals surface area contributed by atoms with Crippen molar-refractivity contribution in [2.45, 2.75) is 46.2 Å². The maximum atomic E-state index is 13.2. The summed E-state index contributed by atoms with van der Waals surface area (Å²) in [6, 6.07) is 9.06. The van der Waals surface area contributed by atoms with Crippen LogP contribution < -0.4 is 5.56 Å². The molecule has 4 nitrogen and oxygen atoms in total. The fourth-order valence-electron chi connectivity index (χ4n) is 3.91. The molecule has 1 saturated heterocycles. The molecule has 0 radical (unpaired) electrons. The topological polar surface area (TPSA) is 45.5 Å². The number of nitrogens with zero attached hydrogens (tertiary/aromatic N) is 2. The fraction of sp³-hybridized carbons (Fsp3) is 0.476. The number of benzene rings is 1. The second-order valence-electron chi connectivity index (χ2n) is 7.31. The molecule has 0 saturated carbocycles. The van der Waals surface area contributed by atoms with E-state index < -0.39 is 0 Å². The van der Waals surface area contributed by atoms with Gasteiger partial charge in [0.1, 0.15) is 5.75 Å². The van der Waals surface area contributed by atoms with Crippen molar-refractivity contribution >= 4 is 11.6 Å². The van der Waals surface area contributed by atoms with Gasteiger partial charge in [-0.3, -0.25) is 9.69 Å². The van der Waals surface area contributed by atoms with Gasteiger partial charge in [0.2, 0.25) is 0 Å². The molecule has 1 fully saturated rings. The predicted octanol–water partition coefficient (Wildman–Crippen LogP) is 4.36. The molecule has 3 rings (SSSR count). The van der Waals surface area contributed by atoms with Gasteiger partial charge in [-0.15, -0.1) is 0 Å². The zero-order valence-corrected chi connectivity index (χ0v) is 16.5.